The van der Waals surface area contributed by atoms with Gasteiger partial charge in [0.1, 0.15) is 0 Å². The highest BCUT2D eigenvalue weighted by atomic mass is 31.2. The third-order valence-electron chi connectivity index (χ3n) is 3.30. The van der Waals surface area contributed by atoms with Crippen molar-refractivity contribution >= 4 is 34.8 Å². The molecule has 5 nitrogen and oxygen atoms in total. The van der Waals surface area contributed by atoms with Crippen LogP contribution >= 0.6 is 7.60 Å². The Hall–Kier alpha value is -1.81. The van der Waals surface area contributed by atoms with Crippen molar-refractivity contribution in [3.63, 3.8) is 0 Å². The van der Waals surface area contributed by atoms with Crippen molar-refractivity contribution < 1.29 is 13.6 Å². The van der Waals surface area contributed by atoms with E-state index in [0.717, 1.165) is 16.3 Å². The average molecular weight is 316 g/mol. The molecule has 0 spiro atoms. The first kappa shape index (κ1) is 15.1. The number of fused-ring (bicyclic) bond motifs is 3. The van der Waals surface area contributed by atoms with Crippen LogP contribution in [-0.2, 0) is 13.6 Å². The molecule has 0 aliphatic rings. The van der Waals surface area contributed by atoms with Crippen LogP contribution in [0.3, 0.4) is 0 Å². The summed E-state index contributed by atoms with van der Waals surface area (Å²) < 4.78 is 23.6. The van der Waals surface area contributed by atoms with E-state index in [0.29, 0.717) is 24.2 Å². The lowest BCUT2D eigenvalue weighted by Crippen LogP contribution is -2.14. The fourth-order valence-electron chi connectivity index (χ4n) is 2.38. The number of pyridine rings is 2. The van der Waals surface area contributed by atoms with Crippen molar-refractivity contribution in [2.45, 2.75) is 13.8 Å². The number of hydrogen-bond acceptors (Lipinski definition) is 5. The van der Waals surface area contributed by atoms with E-state index in [1.165, 1.54) is 0 Å². The smallest absolute Gasteiger partial charge is 0.304 e. The standard InChI is InChI=1S/C16H17N2O3P/c1-3-20-22(19,21-4-2)14-10-9-13-8-7-12-6-5-11-17-15(12)16(13)18-14/h5-11H,3-4H2,1-2H3. The maximum Gasteiger partial charge on any atom is 0.379 e. The molecule has 0 N–H and O–H groups in total. The van der Waals surface area contributed by atoms with Gasteiger partial charge in [-0.2, -0.15) is 0 Å². The monoisotopic (exact) mass is 316 g/mol. The summed E-state index contributed by atoms with van der Waals surface area (Å²) in [5, 5.41) is 1.93. The first-order valence-corrected chi connectivity index (χ1v) is 8.76. The Balaban J connectivity index is 2.23. The fraction of sp³-hybridized carbons (Fsp3) is 0.250. The van der Waals surface area contributed by atoms with Gasteiger partial charge in [0, 0.05) is 17.0 Å². The lowest BCUT2D eigenvalue weighted by Gasteiger charge is -2.16. The Kier molecular flexibility index (Phi) is 4.21. The Morgan fingerprint density at radius 2 is 1.59 bits per heavy atom. The molecule has 22 heavy (non-hydrogen) atoms. The number of aromatic nitrogens is 2. The predicted octanol–water partition coefficient (Wildman–Crippen LogP) is 3.67. The summed E-state index contributed by atoms with van der Waals surface area (Å²) in [4.78, 5) is 8.93. The van der Waals surface area contributed by atoms with Crippen LogP contribution in [0.2, 0.25) is 0 Å². The second kappa shape index (κ2) is 6.13. The molecule has 0 saturated heterocycles. The Morgan fingerprint density at radius 1 is 0.955 bits per heavy atom. The normalized spacial score (nSPS) is 12.1. The zero-order chi connectivity index (χ0) is 15.6. The van der Waals surface area contributed by atoms with E-state index < -0.39 is 7.60 Å². The maximum absolute atomic E-state index is 12.9. The molecule has 0 saturated carbocycles. The maximum atomic E-state index is 12.9. The van der Waals surface area contributed by atoms with Crippen LogP contribution in [0.4, 0.5) is 0 Å². The summed E-state index contributed by atoms with van der Waals surface area (Å²) in [5.41, 5.74) is 1.80. The van der Waals surface area contributed by atoms with Crippen LogP contribution in [0.25, 0.3) is 21.8 Å². The topological polar surface area (TPSA) is 61.3 Å². The van der Waals surface area contributed by atoms with E-state index >= 15 is 0 Å². The van der Waals surface area contributed by atoms with Crippen LogP contribution in [0.5, 0.6) is 0 Å². The van der Waals surface area contributed by atoms with Crippen LogP contribution < -0.4 is 5.44 Å². The van der Waals surface area contributed by atoms with E-state index in [2.05, 4.69) is 9.97 Å². The van der Waals surface area contributed by atoms with Gasteiger partial charge in [0.25, 0.3) is 0 Å². The van der Waals surface area contributed by atoms with Crippen molar-refractivity contribution in [1.82, 2.24) is 9.97 Å². The molecule has 0 aliphatic carbocycles. The second-order valence-corrected chi connectivity index (χ2v) is 6.68. The zero-order valence-electron chi connectivity index (χ0n) is 12.5. The molecular weight excluding hydrogens is 299 g/mol. The summed E-state index contributed by atoms with van der Waals surface area (Å²) in [5.74, 6) is 0. The first-order valence-electron chi connectivity index (χ1n) is 7.22. The van der Waals surface area contributed by atoms with Gasteiger partial charge < -0.3 is 9.05 Å². The van der Waals surface area contributed by atoms with Gasteiger partial charge >= 0.3 is 7.60 Å². The molecule has 0 radical (unpaired) electrons. The molecule has 6 heteroatoms. The molecule has 2 aromatic heterocycles. The van der Waals surface area contributed by atoms with Crippen molar-refractivity contribution in [1.29, 1.82) is 0 Å². The molecule has 1 aromatic carbocycles. The van der Waals surface area contributed by atoms with Gasteiger partial charge in [-0.05, 0) is 26.0 Å². The van der Waals surface area contributed by atoms with Gasteiger partial charge in [-0.25, -0.2) is 4.98 Å². The van der Waals surface area contributed by atoms with Gasteiger partial charge in [0.15, 0.2) is 5.44 Å². The third-order valence-corrected chi connectivity index (χ3v) is 5.30. The highest BCUT2D eigenvalue weighted by molar-refractivity contribution is 7.61. The van der Waals surface area contributed by atoms with Gasteiger partial charge in [0.2, 0.25) is 0 Å². The molecule has 114 valence electrons. The van der Waals surface area contributed by atoms with E-state index in [1.54, 1.807) is 26.1 Å². The minimum absolute atomic E-state index is 0.296. The van der Waals surface area contributed by atoms with Crippen LogP contribution in [0, 0.1) is 0 Å². The third kappa shape index (κ3) is 2.63. The van der Waals surface area contributed by atoms with Gasteiger partial charge in [0.05, 0.1) is 24.2 Å². The highest BCUT2D eigenvalue weighted by Crippen LogP contribution is 2.46. The van der Waals surface area contributed by atoms with Crippen LogP contribution in [0.15, 0.2) is 42.6 Å². The molecule has 0 atom stereocenters. The Labute approximate surface area is 128 Å². The van der Waals surface area contributed by atoms with Crippen molar-refractivity contribution in [2.24, 2.45) is 0 Å². The first-order chi connectivity index (χ1) is 10.7. The molecule has 0 bridgehead atoms. The summed E-state index contributed by atoms with van der Waals surface area (Å²) >= 11 is 0. The predicted molar refractivity (Wildman–Crippen MR) is 87.5 cm³/mol. The second-order valence-electron chi connectivity index (χ2n) is 4.71. The average Bonchev–Trinajstić information content (AvgIpc) is 2.54. The molecule has 3 rings (SSSR count). The van der Waals surface area contributed by atoms with Gasteiger partial charge in [-0.3, -0.25) is 9.55 Å². The summed E-state index contributed by atoms with van der Waals surface area (Å²) in [7, 11) is -3.39. The summed E-state index contributed by atoms with van der Waals surface area (Å²) in [6.45, 7) is 4.16. The van der Waals surface area contributed by atoms with E-state index in [-0.39, 0.29) is 0 Å². The van der Waals surface area contributed by atoms with Crippen molar-refractivity contribution in [3.05, 3.63) is 42.6 Å². The molecule has 0 fully saturated rings. The fourth-order valence-corrected chi connectivity index (χ4v) is 3.87. The lowest BCUT2D eigenvalue weighted by molar-refractivity contribution is 0.229. The van der Waals surface area contributed by atoms with Gasteiger partial charge in [-0.15, -0.1) is 0 Å². The summed E-state index contributed by atoms with van der Waals surface area (Å²) in [6.07, 6.45) is 1.72. The largest absolute Gasteiger partial charge is 0.379 e. The zero-order valence-corrected chi connectivity index (χ0v) is 13.4. The van der Waals surface area contributed by atoms with E-state index in [4.69, 9.17) is 9.05 Å². The Bertz CT molecular complexity index is 856. The Morgan fingerprint density at radius 3 is 2.27 bits per heavy atom. The molecule has 3 aromatic rings. The number of nitrogens with zero attached hydrogens (tertiary/aromatic N) is 2. The lowest BCUT2D eigenvalue weighted by atomic mass is 10.1. The number of hydrogen-bond donors (Lipinski definition) is 0. The SMILES string of the molecule is CCOP(=O)(OCC)c1ccc2ccc3cccnc3c2n1. The molecule has 0 aliphatic heterocycles. The molecular formula is C16H17N2O3P. The summed E-state index contributed by atoms with van der Waals surface area (Å²) in [6, 6.07) is 11.4. The minimum Gasteiger partial charge on any atom is -0.304 e. The van der Waals surface area contributed by atoms with E-state index in [1.807, 2.05) is 30.3 Å². The minimum atomic E-state index is -3.39. The van der Waals surface area contributed by atoms with Crippen molar-refractivity contribution in [3.8, 4) is 0 Å². The van der Waals surface area contributed by atoms with Crippen molar-refractivity contribution in [2.75, 3.05) is 13.2 Å². The molecule has 0 unspecified atom stereocenters. The molecule has 2 heterocycles. The van der Waals surface area contributed by atoms with Gasteiger partial charge in [-0.1, -0.05) is 24.3 Å². The van der Waals surface area contributed by atoms with E-state index in [9.17, 15) is 4.57 Å². The highest BCUT2D eigenvalue weighted by Gasteiger charge is 2.28. The number of benzene rings is 1. The van der Waals surface area contributed by atoms with Crippen LogP contribution in [0.1, 0.15) is 13.8 Å². The number of rotatable bonds is 5. The quantitative estimate of drug-likeness (QED) is 0.531. The molecule has 0 amide bonds. The van der Waals surface area contributed by atoms with Crippen LogP contribution in [-0.4, -0.2) is 23.2 Å².